The number of carbonyl (C=O) groups is 4. The average Bonchev–Trinajstić information content (AvgIpc) is 3.83. The molecule has 0 radical (unpaired) electrons. The van der Waals surface area contributed by atoms with Gasteiger partial charge in [0, 0.05) is 90.7 Å². The highest BCUT2D eigenvalue weighted by Crippen LogP contribution is 2.25. The quantitative estimate of drug-likeness (QED) is 0.148. The van der Waals surface area contributed by atoms with Gasteiger partial charge in [0.25, 0.3) is 0 Å². The van der Waals surface area contributed by atoms with Crippen LogP contribution < -0.4 is 21.3 Å². The molecule has 0 atom stereocenters. The molecule has 2 aromatic carbocycles. The van der Waals surface area contributed by atoms with E-state index >= 15 is 0 Å². The van der Waals surface area contributed by atoms with Crippen LogP contribution in [0.4, 0.5) is 42.2 Å². The maximum Gasteiger partial charge on any atom is 0.322 e. The summed E-state index contributed by atoms with van der Waals surface area (Å²) in [6, 6.07) is 18.7. The summed E-state index contributed by atoms with van der Waals surface area (Å²) in [4.78, 5) is 51.2. The van der Waals surface area contributed by atoms with Crippen molar-refractivity contribution in [1.29, 1.82) is 0 Å². The lowest BCUT2D eigenvalue weighted by Crippen LogP contribution is -2.27. The number of carbonyl (C=O) groups excluding carboxylic acids is 4. The number of anilines is 4. The van der Waals surface area contributed by atoms with Crippen molar-refractivity contribution in [3.63, 3.8) is 0 Å². The van der Waals surface area contributed by atoms with Crippen LogP contribution in [0.15, 0.2) is 69.7 Å². The minimum absolute atomic E-state index is 0.103. The normalized spacial score (nSPS) is 10.7. The highest BCUT2D eigenvalue weighted by Gasteiger charge is 2.21. The van der Waals surface area contributed by atoms with Crippen molar-refractivity contribution in [3.8, 4) is 0 Å². The van der Waals surface area contributed by atoms with E-state index in [1.807, 2.05) is 90.1 Å². The minimum atomic E-state index is -0.219. The van der Waals surface area contributed by atoms with Crippen molar-refractivity contribution in [3.05, 3.63) is 83.3 Å². The van der Waals surface area contributed by atoms with E-state index in [9.17, 15) is 19.2 Å². The van der Waals surface area contributed by atoms with Crippen LogP contribution in [0.1, 0.15) is 104 Å². The number of nitrogens with one attached hydrogen (secondary N) is 4. The Balaban J connectivity index is 0.000000400. The average molecular weight is 835 g/mol. The van der Waals surface area contributed by atoms with Gasteiger partial charge in [-0.15, -0.1) is 0 Å². The highest BCUT2D eigenvalue weighted by atomic mass is 16.5. The highest BCUT2D eigenvalue weighted by molar-refractivity contribution is 5.90. The molecule has 0 aliphatic carbocycles. The first-order valence-electron chi connectivity index (χ1n) is 19.7. The third-order valence-corrected chi connectivity index (χ3v) is 8.25. The number of benzene rings is 2. The van der Waals surface area contributed by atoms with E-state index in [1.54, 1.807) is 68.5 Å². The minimum Gasteiger partial charge on any atom is -0.359 e. The van der Waals surface area contributed by atoms with Crippen LogP contribution in [-0.4, -0.2) is 110 Å². The van der Waals surface area contributed by atoms with E-state index in [1.165, 1.54) is 30.7 Å². The Bertz CT molecular complexity index is 1780. The molecule has 0 spiro atoms. The van der Waals surface area contributed by atoms with Gasteiger partial charge in [0.1, 0.15) is 11.5 Å². The Morgan fingerprint density at radius 1 is 0.467 bits per heavy atom. The number of hydrogen-bond acceptors (Lipinski definition) is 8. The number of aromatic nitrogens is 2. The van der Waals surface area contributed by atoms with Gasteiger partial charge < -0.3 is 39.3 Å². The van der Waals surface area contributed by atoms with E-state index in [-0.39, 0.29) is 35.0 Å². The molecule has 4 rings (SSSR count). The molecule has 2 heterocycles. The van der Waals surface area contributed by atoms with Crippen molar-refractivity contribution < 1.29 is 28.2 Å². The van der Waals surface area contributed by atoms with Gasteiger partial charge in [0.15, 0.2) is 11.6 Å². The molecule has 16 nitrogen and oxygen atoms in total. The Hall–Kier alpha value is -6.06. The zero-order valence-corrected chi connectivity index (χ0v) is 39.1. The lowest BCUT2D eigenvalue weighted by atomic mass is 9.93. The summed E-state index contributed by atoms with van der Waals surface area (Å²) in [7, 11) is 13.5. The van der Waals surface area contributed by atoms with Crippen LogP contribution in [0, 0.1) is 0 Å². The van der Waals surface area contributed by atoms with Crippen LogP contribution in [0.3, 0.4) is 0 Å². The molecule has 2 aromatic heterocycles. The molecule has 8 amide bonds. The fourth-order valence-corrected chi connectivity index (χ4v) is 4.19. The molecular weight excluding hydrogens is 765 g/mol. The van der Waals surface area contributed by atoms with Crippen molar-refractivity contribution in [1.82, 2.24) is 29.9 Å². The number of hydrogen-bond donors (Lipinski definition) is 4. The van der Waals surface area contributed by atoms with E-state index in [2.05, 4.69) is 59.3 Å². The van der Waals surface area contributed by atoms with Gasteiger partial charge in [-0.05, 0) is 47.2 Å². The molecule has 4 N–H and O–H groups in total. The van der Waals surface area contributed by atoms with Crippen LogP contribution in [-0.2, 0) is 10.8 Å². The molecule has 0 unspecified atom stereocenters. The Labute approximate surface area is 357 Å². The second-order valence-electron chi connectivity index (χ2n) is 17.5. The Kier molecular flexibility index (Phi) is 20.4. The topological polar surface area (TPSA) is 181 Å². The first-order valence-corrected chi connectivity index (χ1v) is 19.7. The maximum atomic E-state index is 11.3. The monoisotopic (exact) mass is 835 g/mol. The van der Waals surface area contributed by atoms with Gasteiger partial charge in [-0.3, -0.25) is 10.6 Å². The van der Waals surface area contributed by atoms with Gasteiger partial charge in [0.2, 0.25) is 0 Å². The summed E-state index contributed by atoms with van der Waals surface area (Å²) < 4.78 is 10.3. The predicted molar refractivity (Wildman–Crippen MR) is 242 cm³/mol. The summed E-state index contributed by atoms with van der Waals surface area (Å²) >= 11 is 0. The molecule has 0 aliphatic rings. The van der Waals surface area contributed by atoms with E-state index in [0.717, 1.165) is 22.9 Å². The van der Waals surface area contributed by atoms with Crippen molar-refractivity contribution >= 4 is 47.1 Å². The van der Waals surface area contributed by atoms with E-state index in [4.69, 9.17) is 9.05 Å². The maximum absolute atomic E-state index is 11.3. The second kappa shape index (κ2) is 23.5. The first-order chi connectivity index (χ1) is 27.6. The van der Waals surface area contributed by atoms with Gasteiger partial charge in [-0.1, -0.05) is 104 Å². The lowest BCUT2D eigenvalue weighted by Gasteiger charge is -2.12. The Morgan fingerprint density at radius 3 is 0.917 bits per heavy atom. The molecule has 0 saturated carbocycles. The molecular formula is C44H70N10O6. The predicted octanol–water partition coefficient (Wildman–Crippen LogP) is 9.94. The molecule has 60 heavy (non-hydrogen) atoms. The molecule has 4 aromatic rings. The second-order valence-corrected chi connectivity index (χ2v) is 17.5. The number of nitrogens with zero attached hydrogens (tertiary/aromatic N) is 6. The lowest BCUT2D eigenvalue weighted by molar-refractivity contribution is 0.229. The van der Waals surface area contributed by atoms with Crippen molar-refractivity contribution in [2.75, 3.05) is 77.6 Å². The smallest absolute Gasteiger partial charge is 0.322 e. The number of amides is 8. The first kappa shape index (κ1) is 52.0. The van der Waals surface area contributed by atoms with Crippen LogP contribution >= 0.6 is 0 Å². The number of rotatable bonds is 6. The zero-order valence-electron chi connectivity index (χ0n) is 39.1. The third-order valence-electron chi connectivity index (χ3n) is 8.25. The molecule has 332 valence electrons. The molecule has 16 heteroatoms. The van der Waals surface area contributed by atoms with Crippen molar-refractivity contribution in [2.24, 2.45) is 0 Å². The van der Waals surface area contributed by atoms with Gasteiger partial charge in [-0.2, -0.15) is 0 Å². The Morgan fingerprint density at radius 2 is 0.717 bits per heavy atom. The molecule has 0 bridgehead atoms. The fourth-order valence-electron chi connectivity index (χ4n) is 4.19. The van der Waals surface area contributed by atoms with Gasteiger partial charge >= 0.3 is 24.1 Å². The van der Waals surface area contributed by atoms with Gasteiger partial charge in [-0.25, -0.2) is 19.2 Å². The van der Waals surface area contributed by atoms with Crippen molar-refractivity contribution in [2.45, 2.75) is 91.9 Å². The van der Waals surface area contributed by atoms with Crippen LogP contribution in [0.25, 0.3) is 0 Å². The summed E-state index contributed by atoms with van der Waals surface area (Å²) in [6.07, 6.45) is 0. The summed E-state index contributed by atoms with van der Waals surface area (Å²) in [5.74, 6) is 3.41. The van der Waals surface area contributed by atoms with E-state index in [0.29, 0.717) is 23.5 Å². The molecule has 0 aliphatic heterocycles. The summed E-state index contributed by atoms with van der Waals surface area (Å²) in [6.45, 7) is 20.7. The van der Waals surface area contributed by atoms with E-state index < -0.39 is 0 Å². The summed E-state index contributed by atoms with van der Waals surface area (Å²) in [5, 5.41) is 18.4. The van der Waals surface area contributed by atoms with Crippen LogP contribution in [0.5, 0.6) is 0 Å². The zero-order chi connectivity index (χ0) is 46.1. The SMILES string of the molecule is CC(C)c1ccc(NC(=O)N(C)C)cc1.CC(C)c1ccc(NC(=O)N(C)C)cc1.CN(C)C(=O)Nc1cc(C(C)(C)C)on1.CN(C)C(=O)Nc1cc(C(C)(C)C)on1. The van der Waals surface area contributed by atoms with Crippen LogP contribution in [0.2, 0.25) is 0 Å². The molecule has 0 saturated heterocycles. The number of urea groups is 4. The molecule has 0 fully saturated rings. The fraction of sp³-hybridized carbons (Fsp3) is 0.500. The third kappa shape index (κ3) is 19.1. The standard InChI is InChI=1S/2C12H18N2O.2C10H17N3O2/c2*1-9(2)10-5-7-11(8-6-10)13-12(15)14(3)4;2*1-10(2,3)7-6-8(12-15-7)11-9(14)13(4)5/h2*5-9H,1-4H3,(H,13,15);2*6H,1-5H3,(H,11,12,14). The largest absolute Gasteiger partial charge is 0.359 e. The van der Waals surface area contributed by atoms with Gasteiger partial charge in [0.05, 0.1) is 0 Å². The summed E-state index contributed by atoms with van der Waals surface area (Å²) in [5.41, 5.74) is 4.01.